The first-order chi connectivity index (χ1) is 10.1. The van der Waals surface area contributed by atoms with Gasteiger partial charge in [0.1, 0.15) is 0 Å². The van der Waals surface area contributed by atoms with Crippen molar-refractivity contribution in [3.8, 4) is 0 Å². The van der Waals surface area contributed by atoms with E-state index in [2.05, 4.69) is 71.3 Å². The van der Waals surface area contributed by atoms with E-state index in [9.17, 15) is 0 Å². The van der Waals surface area contributed by atoms with Crippen molar-refractivity contribution >= 4 is 15.9 Å². The van der Waals surface area contributed by atoms with Gasteiger partial charge in [-0.15, -0.1) is 0 Å². The third-order valence-electron chi connectivity index (χ3n) is 3.40. The summed E-state index contributed by atoms with van der Waals surface area (Å²) in [6, 6.07) is 13.0. The van der Waals surface area contributed by atoms with Crippen LogP contribution < -0.4 is 5.32 Å². The molecule has 0 saturated carbocycles. The molecule has 1 aromatic carbocycles. The topological polar surface area (TPSA) is 24.9 Å². The minimum atomic E-state index is 0.123. The van der Waals surface area contributed by atoms with E-state index in [4.69, 9.17) is 0 Å². The highest BCUT2D eigenvalue weighted by atomic mass is 79.9. The van der Waals surface area contributed by atoms with Crippen molar-refractivity contribution in [3.63, 3.8) is 0 Å². The summed E-state index contributed by atoms with van der Waals surface area (Å²) in [7, 11) is 0. The van der Waals surface area contributed by atoms with E-state index in [0.29, 0.717) is 5.92 Å². The lowest BCUT2D eigenvalue weighted by molar-refractivity contribution is 0.609. The van der Waals surface area contributed by atoms with Gasteiger partial charge in [-0.25, -0.2) is 0 Å². The molecule has 1 heterocycles. The molecule has 0 aliphatic heterocycles. The Morgan fingerprint density at radius 2 is 2.00 bits per heavy atom. The second-order valence-corrected chi connectivity index (χ2v) is 6.56. The van der Waals surface area contributed by atoms with E-state index in [1.807, 2.05) is 18.3 Å². The van der Waals surface area contributed by atoms with Crippen LogP contribution in [-0.2, 0) is 6.42 Å². The molecule has 21 heavy (non-hydrogen) atoms. The minimum absolute atomic E-state index is 0.123. The molecule has 0 fully saturated rings. The number of pyridine rings is 1. The summed E-state index contributed by atoms with van der Waals surface area (Å²) < 4.78 is 1.05. The Bertz CT molecular complexity index is 581. The number of hydrogen-bond donors (Lipinski definition) is 1. The normalized spacial score (nSPS) is 12.6. The predicted octanol–water partition coefficient (Wildman–Crippen LogP) is 4.74. The molecule has 0 bridgehead atoms. The first-order valence-electron chi connectivity index (χ1n) is 7.54. The summed E-state index contributed by atoms with van der Waals surface area (Å²) in [5.74, 6) is 0.666. The van der Waals surface area contributed by atoms with Crippen molar-refractivity contribution in [2.75, 3.05) is 6.54 Å². The maximum atomic E-state index is 4.55. The maximum absolute atomic E-state index is 4.55. The second-order valence-electron chi connectivity index (χ2n) is 5.70. The summed E-state index contributed by atoms with van der Waals surface area (Å²) in [6.45, 7) is 7.54. The number of rotatable bonds is 6. The van der Waals surface area contributed by atoms with E-state index in [1.54, 1.807) is 0 Å². The lowest BCUT2D eigenvalue weighted by Gasteiger charge is -2.20. The van der Waals surface area contributed by atoms with Gasteiger partial charge in [0, 0.05) is 10.7 Å². The fraction of sp³-hybridized carbons (Fsp3) is 0.389. The smallest absolute Gasteiger partial charge is 0.0763 e. The van der Waals surface area contributed by atoms with Gasteiger partial charge in [-0.1, -0.05) is 45.0 Å². The Morgan fingerprint density at radius 3 is 2.67 bits per heavy atom. The molecule has 3 heteroatoms. The van der Waals surface area contributed by atoms with Crippen molar-refractivity contribution in [2.45, 2.75) is 33.2 Å². The first-order valence-corrected chi connectivity index (χ1v) is 8.33. The molecule has 0 aliphatic carbocycles. The Balaban J connectivity index is 2.36. The number of hydrogen-bond acceptors (Lipinski definition) is 2. The quantitative estimate of drug-likeness (QED) is 0.816. The Kier molecular flexibility index (Phi) is 5.95. The standard InChI is InChI=1S/C18H23BrN2/c1-4-20-17(18-16(19)9-6-10-21-18)15-8-5-7-14(12-15)11-13(2)3/h5-10,12-13,17,20H,4,11H2,1-3H3. The summed E-state index contributed by atoms with van der Waals surface area (Å²) in [6.07, 6.45) is 2.96. The summed E-state index contributed by atoms with van der Waals surface area (Å²) >= 11 is 3.62. The van der Waals surface area contributed by atoms with Gasteiger partial charge in [0.25, 0.3) is 0 Å². The molecule has 0 saturated heterocycles. The van der Waals surface area contributed by atoms with Crippen LogP contribution in [-0.4, -0.2) is 11.5 Å². The van der Waals surface area contributed by atoms with Gasteiger partial charge in [-0.2, -0.15) is 0 Å². The number of nitrogens with one attached hydrogen (secondary N) is 1. The fourth-order valence-corrected chi connectivity index (χ4v) is 3.04. The van der Waals surface area contributed by atoms with Crippen LogP contribution in [0.4, 0.5) is 0 Å². The number of nitrogens with zero attached hydrogens (tertiary/aromatic N) is 1. The van der Waals surface area contributed by atoms with Gasteiger partial charge < -0.3 is 5.32 Å². The highest BCUT2D eigenvalue weighted by molar-refractivity contribution is 9.10. The van der Waals surface area contributed by atoms with E-state index in [0.717, 1.165) is 23.1 Å². The van der Waals surface area contributed by atoms with E-state index < -0.39 is 0 Å². The molecule has 1 aromatic heterocycles. The lowest BCUT2D eigenvalue weighted by Crippen LogP contribution is -2.23. The van der Waals surface area contributed by atoms with E-state index in [-0.39, 0.29) is 6.04 Å². The molecule has 0 spiro atoms. The van der Waals surface area contributed by atoms with Crippen LogP contribution in [0.15, 0.2) is 47.1 Å². The van der Waals surface area contributed by atoms with Gasteiger partial charge in [0.2, 0.25) is 0 Å². The zero-order valence-electron chi connectivity index (χ0n) is 12.9. The maximum Gasteiger partial charge on any atom is 0.0763 e. The lowest BCUT2D eigenvalue weighted by atomic mass is 9.96. The van der Waals surface area contributed by atoms with Crippen molar-refractivity contribution in [1.29, 1.82) is 0 Å². The predicted molar refractivity (Wildman–Crippen MR) is 92.4 cm³/mol. The highest BCUT2D eigenvalue weighted by Gasteiger charge is 2.17. The summed E-state index contributed by atoms with van der Waals surface area (Å²) in [5, 5.41) is 3.54. The SMILES string of the molecule is CCNC(c1cccc(CC(C)C)c1)c1ncccc1Br. The van der Waals surface area contributed by atoms with Crippen molar-refractivity contribution < 1.29 is 0 Å². The van der Waals surface area contributed by atoms with Crippen LogP contribution >= 0.6 is 15.9 Å². The first kappa shape index (κ1) is 16.2. The molecule has 0 radical (unpaired) electrons. The molecule has 1 N–H and O–H groups in total. The Labute approximate surface area is 136 Å². The molecule has 0 aliphatic rings. The third-order valence-corrected chi connectivity index (χ3v) is 4.07. The number of halogens is 1. The molecule has 2 rings (SSSR count). The van der Waals surface area contributed by atoms with Crippen LogP contribution in [0.2, 0.25) is 0 Å². The van der Waals surface area contributed by atoms with Crippen molar-refractivity contribution in [3.05, 3.63) is 63.9 Å². The Morgan fingerprint density at radius 1 is 1.19 bits per heavy atom. The van der Waals surface area contributed by atoms with Crippen LogP contribution in [0.3, 0.4) is 0 Å². The van der Waals surface area contributed by atoms with Crippen LogP contribution in [0.5, 0.6) is 0 Å². The zero-order chi connectivity index (χ0) is 15.2. The minimum Gasteiger partial charge on any atom is -0.305 e. The zero-order valence-corrected chi connectivity index (χ0v) is 14.5. The fourth-order valence-electron chi connectivity index (χ4n) is 2.56. The van der Waals surface area contributed by atoms with Gasteiger partial charge >= 0.3 is 0 Å². The monoisotopic (exact) mass is 346 g/mol. The van der Waals surface area contributed by atoms with E-state index >= 15 is 0 Å². The largest absolute Gasteiger partial charge is 0.305 e. The second kappa shape index (κ2) is 7.71. The van der Waals surface area contributed by atoms with Crippen LogP contribution in [0.1, 0.15) is 43.6 Å². The summed E-state index contributed by atoms with van der Waals surface area (Å²) in [5.41, 5.74) is 3.70. The Hall–Kier alpha value is -1.19. The van der Waals surface area contributed by atoms with Crippen LogP contribution in [0, 0.1) is 5.92 Å². The average Bonchev–Trinajstić information content (AvgIpc) is 2.45. The van der Waals surface area contributed by atoms with Crippen molar-refractivity contribution in [1.82, 2.24) is 10.3 Å². The van der Waals surface area contributed by atoms with Gasteiger partial charge in [0.05, 0.1) is 11.7 Å². The van der Waals surface area contributed by atoms with Crippen molar-refractivity contribution in [2.24, 2.45) is 5.92 Å². The number of benzene rings is 1. The summed E-state index contributed by atoms with van der Waals surface area (Å²) in [4.78, 5) is 4.55. The van der Waals surface area contributed by atoms with E-state index in [1.165, 1.54) is 11.1 Å². The van der Waals surface area contributed by atoms with Crippen LogP contribution in [0.25, 0.3) is 0 Å². The average molecular weight is 347 g/mol. The molecular weight excluding hydrogens is 324 g/mol. The molecule has 2 nitrogen and oxygen atoms in total. The van der Waals surface area contributed by atoms with Gasteiger partial charge in [0.15, 0.2) is 0 Å². The molecule has 2 aromatic rings. The van der Waals surface area contributed by atoms with Gasteiger partial charge in [-0.3, -0.25) is 4.98 Å². The third kappa shape index (κ3) is 4.39. The molecule has 112 valence electrons. The molecular formula is C18H23BrN2. The highest BCUT2D eigenvalue weighted by Crippen LogP contribution is 2.27. The van der Waals surface area contributed by atoms with Gasteiger partial charge in [-0.05, 0) is 58.1 Å². The molecule has 1 unspecified atom stereocenters. The molecule has 1 atom stereocenters. The number of aromatic nitrogens is 1. The molecule has 0 amide bonds.